The Balaban J connectivity index is 1.39. The van der Waals surface area contributed by atoms with E-state index >= 15 is 0 Å². The summed E-state index contributed by atoms with van der Waals surface area (Å²) in [6.07, 6.45) is 0. The molecule has 4 nitrogen and oxygen atoms in total. The molecule has 0 unspecified atom stereocenters. The van der Waals surface area contributed by atoms with Crippen LogP contribution >= 0.6 is 0 Å². The van der Waals surface area contributed by atoms with Crippen LogP contribution in [0.25, 0.3) is 94.0 Å². The average molecular weight is 625 g/mol. The van der Waals surface area contributed by atoms with Crippen molar-refractivity contribution in [1.82, 2.24) is 19.5 Å². The smallest absolute Gasteiger partial charge is 0.166 e. The van der Waals surface area contributed by atoms with E-state index in [4.69, 9.17) is 15.0 Å². The Morgan fingerprint density at radius 2 is 0.673 bits per heavy atom. The fraction of sp³-hybridized carbons (Fsp3) is 0. The van der Waals surface area contributed by atoms with Crippen LogP contribution in [0.1, 0.15) is 0 Å². The zero-order valence-corrected chi connectivity index (χ0v) is 26.5. The third kappa shape index (κ3) is 4.35. The normalized spacial score (nSPS) is 11.7. The summed E-state index contributed by atoms with van der Waals surface area (Å²) in [5.74, 6) is 1.91. The minimum atomic E-state index is 0.628. The zero-order valence-electron chi connectivity index (χ0n) is 26.5. The van der Waals surface area contributed by atoms with Crippen molar-refractivity contribution in [2.24, 2.45) is 0 Å². The van der Waals surface area contributed by atoms with Gasteiger partial charge < -0.3 is 4.57 Å². The van der Waals surface area contributed by atoms with E-state index in [-0.39, 0.29) is 0 Å². The van der Waals surface area contributed by atoms with Gasteiger partial charge in [0.1, 0.15) is 0 Å². The third-order valence-corrected chi connectivity index (χ3v) is 9.62. The van der Waals surface area contributed by atoms with Gasteiger partial charge in [0, 0.05) is 27.5 Å². The summed E-state index contributed by atoms with van der Waals surface area (Å²) in [6, 6.07) is 59.8. The van der Waals surface area contributed by atoms with E-state index in [0.717, 1.165) is 38.8 Å². The number of para-hydroxylation sites is 2. The molecule has 0 aliphatic heterocycles. The van der Waals surface area contributed by atoms with Crippen molar-refractivity contribution in [3.63, 3.8) is 0 Å². The number of hydrogen-bond donors (Lipinski definition) is 0. The first kappa shape index (κ1) is 27.5. The van der Waals surface area contributed by atoms with Gasteiger partial charge in [-0.25, -0.2) is 15.0 Å². The van der Waals surface area contributed by atoms with E-state index in [1.54, 1.807) is 0 Å². The Hall–Kier alpha value is -6.65. The summed E-state index contributed by atoms with van der Waals surface area (Å²) in [5, 5.41) is 9.65. The Labute approximate surface area is 282 Å². The van der Waals surface area contributed by atoms with E-state index in [0.29, 0.717) is 17.5 Å². The highest BCUT2D eigenvalue weighted by atomic mass is 15.1. The van der Waals surface area contributed by atoms with Gasteiger partial charge in [-0.05, 0) is 56.6 Å². The Kier molecular flexibility index (Phi) is 6.15. The molecule has 0 N–H and O–H groups in total. The quantitative estimate of drug-likeness (QED) is 0.183. The van der Waals surface area contributed by atoms with Gasteiger partial charge in [-0.3, -0.25) is 0 Å². The minimum absolute atomic E-state index is 0.628. The molecule has 8 aromatic carbocycles. The largest absolute Gasteiger partial charge is 0.308 e. The lowest BCUT2D eigenvalue weighted by Gasteiger charge is -2.18. The molecule has 2 aromatic heterocycles. The summed E-state index contributed by atoms with van der Waals surface area (Å²) in [5.41, 5.74) is 6.12. The van der Waals surface area contributed by atoms with Crippen LogP contribution in [0.3, 0.4) is 0 Å². The van der Waals surface area contributed by atoms with Crippen molar-refractivity contribution < 1.29 is 0 Å². The molecule has 0 atom stereocenters. The van der Waals surface area contributed by atoms with Crippen LogP contribution in [0.4, 0.5) is 0 Å². The molecule has 228 valence electrons. The number of benzene rings is 8. The average Bonchev–Trinajstić information content (AvgIpc) is 3.52. The third-order valence-electron chi connectivity index (χ3n) is 9.62. The number of nitrogens with zero attached hydrogens (tertiary/aromatic N) is 4. The molecule has 49 heavy (non-hydrogen) atoms. The van der Waals surface area contributed by atoms with E-state index < -0.39 is 0 Å². The maximum absolute atomic E-state index is 5.24. The zero-order chi connectivity index (χ0) is 32.3. The minimum Gasteiger partial charge on any atom is -0.308 e. The number of aromatic nitrogens is 4. The highest BCUT2D eigenvalue weighted by molar-refractivity contribution is 6.26. The first-order chi connectivity index (χ1) is 24.3. The van der Waals surface area contributed by atoms with Gasteiger partial charge in [-0.1, -0.05) is 146 Å². The molecule has 0 bridgehead atoms. The van der Waals surface area contributed by atoms with Gasteiger partial charge in [0.05, 0.1) is 16.7 Å². The van der Waals surface area contributed by atoms with Crippen LogP contribution in [0.15, 0.2) is 170 Å². The SMILES string of the molecule is c1ccc(-c2nc(-c3ccccc3)nc(-c3cc4c5ccccc5c5ccccc5c4cc3-n3c4ccccc4c4ccccc43)n2)cc1. The first-order valence-electron chi connectivity index (χ1n) is 16.5. The van der Waals surface area contributed by atoms with Gasteiger partial charge in [-0.2, -0.15) is 0 Å². The van der Waals surface area contributed by atoms with E-state index in [9.17, 15) is 0 Å². The van der Waals surface area contributed by atoms with Gasteiger partial charge in [0.25, 0.3) is 0 Å². The number of fused-ring (bicyclic) bond motifs is 9. The lowest BCUT2D eigenvalue weighted by molar-refractivity contribution is 1.07. The molecule has 0 amide bonds. The second kappa shape index (κ2) is 11.0. The number of hydrogen-bond acceptors (Lipinski definition) is 3. The van der Waals surface area contributed by atoms with Crippen molar-refractivity contribution in [2.75, 3.05) is 0 Å². The van der Waals surface area contributed by atoms with Crippen molar-refractivity contribution in [2.45, 2.75) is 0 Å². The molecule has 2 heterocycles. The Morgan fingerprint density at radius 1 is 0.306 bits per heavy atom. The summed E-state index contributed by atoms with van der Waals surface area (Å²) in [6.45, 7) is 0. The molecule has 0 aliphatic carbocycles. The summed E-state index contributed by atoms with van der Waals surface area (Å²) in [7, 11) is 0. The van der Waals surface area contributed by atoms with Crippen molar-refractivity contribution >= 4 is 54.1 Å². The fourth-order valence-corrected chi connectivity index (χ4v) is 7.41. The predicted octanol–water partition coefficient (Wildman–Crippen LogP) is 11.4. The molecule has 10 rings (SSSR count). The van der Waals surface area contributed by atoms with Crippen molar-refractivity contribution in [3.05, 3.63) is 170 Å². The summed E-state index contributed by atoms with van der Waals surface area (Å²) >= 11 is 0. The van der Waals surface area contributed by atoms with Crippen molar-refractivity contribution in [3.8, 4) is 39.9 Å². The van der Waals surface area contributed by atoms with Gasteiger partial charge >= 0.3 is 0 Å². The van der Waals surface area contributed by atoms with E-state index in [2.05, 4.69) is 138 Å². The first-order valence-corrected chi connectivity index (χ1v) is 16.5. The molecule has 0 saturated carbocycles. The molecule has 0 radical (unpaired) electrons. The highest BCUT2D eigenvalue weighted by Gasteiger charge is 2.21. The fourth-order valence-electron chi connectivity index (χ4n) is 7.41. The predicted molar refractivity (Wildman–Crippen MR) is 203 cm³/mol. The molecule has 0 fully saturated rings. The number of rotatable bonds is 4. The second-order valence-corrected chi connectivity index (χ2v) is 12.4. The topological polar surface area (TPSA) is 43.6 Å². The maximum atomic E-state index is 5.24. The van der Waals surface area contributed by atoms with Crippen molar-refractivity contribution in [1.29, 1.82) is 0 Å². The van der Waals surface area contributed by atoms with Crippen LogP contribution in [0.5, 0.6) is 0 Å². The van der Waals surface area contributed by atoms with Crippen LogP contribution in [0.2, 0.25) is 0 Å². The standard InChI is InChI=1S/C45H28N4/c1-3-15-29(16-4-1)43-46-44(30-17-5-2-6-18-30)48-45(47-43)39-27-37-33-21-9-7-19-31(33)32-20-8-10-22-34(32)38(37)28-42(39)49-40-25-13-11-23-35(40)36-24-12-14-26-41(36)49/h1-28H. The molecule has 0 saturated heterocycles. The second-order valence-electron chi connectivity index (χ2n) is 12.4. The molecular formula is C45H28N4. The molecule has 4 heteroatoms. The molecule has 0 aliphatic rings. The van der Waals surface area contributed by atoms with Crippen LogP contribution < -0.4 is 0 Å². The monoisotopic (exact) mass is 624 g/mol. The maximum Gasteiger partial charge on any atom is 0.166 e. The van der Waals surface area contributed by atoms with Crippen LogP contribution in [-0.4, -0.2) is 19.5 Å². The van der Waals surface area contributed by atoms with Gasteiger partial charge in [0.15, 0.2) is 17.5 Å². The van der Waals surface area contributed by atoms with E-state index in [1.165, 1.54) is 37.7 Å². The van der Waals surface area contributed by atoms with E-state index in [1.807, 2.05) is 36.4 Å². The molecule has 10 aromatic rings. The lowest BCUT2D eigenvalue weighted by atomic mass is 9.92. The van der Waals surface area contributed by atoms with Gasteiger partial charge in [-0.15, -0.1) is 0 Å². The molecule has 0 spiro atoms. The highest BCUT2D eigenvalue weighted by Crippen LogP contribution is 2.42. The van der Waals surface area contributed by atoms with Crippen LogP contribution in [0, 0.1) is 0 Å². The summed E-state index contributed by atoms with van der Waals surface area (Å²) in [4.78, 5) is 15.5. The molecular weight excluding hydrogens is 597 g/mol. The Morgan fingerprint density at radius 3 is 1.16 bits per heavy atom. The summed E-state index contributed by atoms with van der Waals surface area (Å²) < 4.78 is 2.39. The Bertz CT molecular complexity index is 2760. The lowest BCUT2D eigenvalue weighted by Crippen LogP contribution is -2.04. The van der Waals surface area contributed by atoms with Gasteiger partial charge in [0.2, 0.25) is 0 Å². The van der Waals surface area contributed by atoms with Crippen LogP contribution in [-0.2, 0) is 0 Å².